The van der Waals surface area contributed by atoms with Crippen LogP contribution in [-0.2, 0) is 17.8 Å². The summed E-state index contributed by atoms with van der Waals surface area (Å²) in [7, 11) is 0. The molecule has 24 heavy (non-hydrogen) atoms. The Bertz CT molecular complexity index is 903. The molecule has 0 fully saturated rings. The van der Waals surface area contributed by atoms with Gasteiger partial charge >= 0.3 is 5.69 Å². The van der Waals surface area contributed by atoms with Crippen LogP contribution in [0.5, 0.6) is 0 Å². The maximum absolute atomic E-state index is 12.2. The molecule has 0 atom stereocenters. The van der Waals surface area contributed by atoms with Crippen LogP contribution in [0.1, 0.15) is 16.8 Å². The van der Waals surface area contributed by atoms with Crippen molar-refractivity contribution in [3.8, 4) is 0 Å². The van der Waals surface area contributed by atoms with Crippen LogP contribution in [0.15, 0.2) is 27.8 Å². The number of aromatic amines is 2. The monoisotopic (exact) mass is 348 g/mol. The maximum atomic E-state index is 12.2. The van der Waals surface area contributed by atoms with E-state index in [1.807, 2.05) is 11.8 Å². The third-order valence-electron chi connectivity index (χ3n) is 4.02. The zero-order valence-electron chi connectivity index (χ0n) is 13.1. The minimum absolute atomic E-state index is 0.162. The van der Waals surface area contributed by atoms with Crippen LogP contribution in [0.25, 0.3) is 0 Å². The van der Waals surface area contributed by atoms with E-state index in [4.69, 9.17) is 11.6 Å². The number of aryl methyl sites for hydroxylation is 1. The Hall–Kier alpha value is -2.38. The Balaban J connectivity index is 1.67. The van der Waals surface area contributed by atoms with E-state index in [1.165, 1.54) is 0 Å². The first kappa shape index (κ1) is 16.5. The average molecular weight is 349 g/mol. The molecule has 8 heteroatoms. The fourth-order valence-corrected chi connectivity index (χ4v) is 3.03. The molecule has 0 bridgehead atoms. The third kappa shape index (κ3) is 3.58. The van der Waals surface area contributed by atoms with E-state index in [0.29, 0.717) is 41.5 Å². The van der Waals surface area contributed by atoms with Crippen molar-refractivity contribution in [1.29, 1.82) is 0 Å². The van der Waals surface area contributed by atoms with Crippen LogP contribution in [0.3, 0.4) is 0 Å². The highest BCUT2D eigenvalue weighted by Crippen LogP contribution is 2.19. The lowest BCUT2D eigenvalue weighted by Gasteiger charge is -2.27. The second kappa shape index (κ2) is 6.62. The van der Waals surface area contributed by atoms with Crippen molar-refractivity contribution in [2.75, 3.05) is 18.4 Å². The Morgan fingerprint density at radius 3 is 2.88 bits per heavy atom. The number of H-pyrrole nitrogens is 2. The second-order valence-electron chi connectivity index (χ2n) is 5.83. The molecule has 1 aromatic carbocycles. The van der Waals surface area contributed by atoms with Crippen LogP contribution >= 0.6 is 11.6 Å². The normalized spacial score (nSPS) is 14.2. The fourth-order valence-electron chi connectivity index (χ4n) is 2.81. The Labute approximate surface area is 142 Å². The van der Waals surface area contributed by atoms with Crippen LogP contribution in [0.2, 0.25) is 5.02 Å². The number of carbonyl (C=O) groups is 1. The van der Waals surface area contributed by atoms with Gasteiger partial charge in [-0.2, -0.15) is 0 Å². The zero-order chi connectivity index (χ0) is 17.3. The molecule has 0 spiro atoms. The predicted octanol–water partition coefficient (Wildman–Crippen LogP) is 1.02. The van der Waals surface area contributed by atoms with E-state index in [0.717, 1.165) is 5.56 Å². The molecule has 0 radical (unpaired) electrons. The molecule has 0 aliphatic carbocycles. The number of hydrogen-bond acceptors (Lipinski definition) is 4. The highest BCUT2D eigenvalue weighted by Gasteiger charge is 2.21. The summed E-state index contributed by atoms with van der Waals surface area (Å²) < 4.78 is 0. The van der Waals surface area contributed by atoms with Crippen LogP contribution in [0.4, 0.5) is 5.69 Å². The molecule has 1 aliphatic rings. The van der Waals surface area contributed by atoms with Crippen LogP contribution < -0.4 is 16.6 Å². The summed E-state index contributed by atoms with van der Waals surface area (Å²) in [6.07, 6.45) is 0.530. The first-order valence-corrected chi connectivity index (χ1v) is 7.93. The van der Waals surface area contributed by atoms with Gasteiger partial charge in [-0.1, -0.05) is 11.6 Å². The molecule has 3 N–H and O–H groups in total. The minimum Gasteiger partial charge on any atom is -0.325 e. The number of nitrogens with one attached hydrogen (secondary N) is 3. The number of anilines is 1. The Morgan fingerprint density at radius 1 is 1.33 bits per heavy atom. The third-order valence-corrected chi connectivity index (χ3v) is 4.25. The molecule has 2 heterocycles. The van der Waals surface area contributed by atoms with E-state index < -0.39 is 11.2 Å². The van der Waals surface area contributed by atoms with E-state index in [2.05, 4.69) is 15.3 Å². The molecule has 1 amide bonds. The van der Waals surface area contributed by atoms with E-state index in [1.54, 1.807) is 18.2 Å². The Kier molecular flexibility index (Phi) is 4.55. The summed E-state index contributed by atoms with van der Waals surface area (Å²) in [5, 5.41) is 3.47. The molecule has 7 nitrogen and oxygen atoms in total. The summed E-state index contributed by atoms with van der Waals surface area (Å²) in [6, 6.07) is 5.26. The summed E-state index contributed by atoms with van der Waals surface area (Å²) in [5.41, 5.74) is 1.86. The SMILES string of the molecule is Cc1cc(Cl)ccc1NC(=O)CN1CCc2[nH]c(=O)[nH]c(=O)c2C1. The summed E-state index contributed by atoms with van der Waals surface area (Å²) in [5.74, 6) is -0.162. The number of fused-ring (bicyclic) bond motifs is 1. The van der Waals surface area contributed by atoms with E-state index >= 15 is 0 Å². The number of nitrogens with zero attached hydrogens (tertiary/aromatic N) is 1. The molecule has 1 aliphatic heterocycles. The minimum atomic E-state index is -0.497. The number of hydrogen-bond donors (Lipinski definition) is 3. The highest BCUT2D eigenvalue weighted by atomic mass is 35.5. The largest absolute Gasteiger partial charge is 0.325 e. The molecule has 0 unspecified atom stereocenters. The molecule has 126 valence electrons. The van der Waals surface area contributed by atoms with Gasteiger partial charge in [0.05, 0.1) is 12.1 Å². The Morgan fingerprint density at radius 2 is 2.12 bits per heavy atom. The van der Waals surface area contributed by atoms with Crippen molar-refractivity contribution >= 4 is 23.2 Å². The molecule has 1 aromatic heterocycles. The van der Waals surface area contributed by atoms with Gasteiger partial charge in [0.15, 0.2) is 0 Å². The van der Waals surface area contributed by atoms with Gasteiger partial charge in [-0.05, 0) is 30.7 Å². The summed E-state index contributed by atoms with van der Waals surface area (Å²) >= 11 is 5.90. The lowest BCUT2D eigenvalue weighted by molar-refractivity contribution is -0.117. The van der Waals surface area contributed by atoms with E-state index in [9.17, 15) is 14.4 Å². The highest BCUT2D eigenvalue weighted by molar-refractivity contribution is 6.30. The van der Waals surface area contributed by atoms with Crippen molar-refractivity contribution in [3.05, 3.63) is 60.9 Å². The maximum Gasteiger partial charge on any atom is 0.325 e. The van der Waals surface area contributed by atoms with E-state index in [-0.39, 0.29) is 12.5 Å². The summed E-state index contributed by atoms with van der Waals surface area (Å²) in [6.45, 7) is 2.96. The quantitative estimate of drug-likeness (QED) is 0.771. The van der Waals surface area contributed by atoms with Crippen molar-refractivity contribution in [3.63, 3.8) is 0 Å². The number of amides is 1. The number of halogens is 1. The van der Waals surface area contributed by atoms with Gasteiger partial charge in [0.25, 0.3) is 5.56 Å². The molecule has 0 saturated carbocycles. The molecular weight excluding hydrogens is 332 g/mol. The summed E-state index contributed by atoms with van der Waals surface area (Å²) in [4.78, 5) is 42.1. The van der Waals surface area contributed by atoms with Gasteiger partial charge in [0.2, 0.25) is 5.91 Å². The smallest absolute Gasteiger partial charge is 0.325 e. The van der Waals surface area contributed by atoms with Gasteiger partial charge in [0.1, 0.15) is 0 Å². The molecule has 0 saturated heterocycles. The lowest BCUT2D eigenvalue weighted by atomic mass is 10.1. The first-order chi connectivity index (χ1) is 11.4. The number of rotatable bonds is 3. The van der Waals surface area contributed by atoms with Gasteiger partial charge < -0.3 is 10.3 Å². The van der Waals surface area contributed by atoms with Crippen molar-refractivity contribution in [1.82, 2.24) is 14.9 Å². The zero-order valence-corrected chi connectivity index (χ0v) is 13.9. The van der Waals surface area contributed by atoms with Crippen molar-refractivity contribution in [2.45, 2.75) is 19.9 Å². The topological polar surface area (TPSA) is 98.1 Å². The lowest BCUT2D eigenvalue weighted by Crippen LogP contribution is -2.41. The molecule has 2 aromatic rings. The van der Waals surface area contributed by atoms with Crippen molar-refractivity contribution in [2.24, 2.45) is 0 Å². The average Bonchev–Trinajstić information content (AvgIpc) is 2.50. The molecular formula is C16H17ClN4O3. The van der Waals surface area contributed by atoms with Gasteiger partial charge in [-0.15, -0.1) is 0 Å². The molecule has 3 rings (SSSR count). The van der Waals surface area contributed by atoms with Gasteiger partial charge in [0, 0.05) is 35.9 Å². The van der Waals surface area contributed by atoms with Crippen LogP contribution in [-0.4, -0.2) is 33.9 Å². The fraction of sp³-hybridized carbons (Fsp3) is 0.312. The van der Waals surface area contributed by atoms with Gasteiger partial charge in [-0.3, -0.25) is 19.5 Å². The first-order valence-electron chi connectivity index (χ1n) is 7.55. The predicted molar refractivity (Wildman–Crippen MR) is 91.5 cm³/mol. The number of aromatic nitrogens is 2. The van der Waals surface area contributed by atoms with Gasteiger partial charge in [-0.25, -0.2) is 4.79 Å². The standard InChI is InChI=1S/C16H17ClN4O3/c1-9-6-10(17)2-3-12(9)18-14(22)8-21-5-4-13-11(7-21)15(23)20-16(24)19-13/h2-3,6H,4-5,7-8H2,1H3,(H,18,22)(H2,19,20,23,24). The van der Waals surface area contributed by atoms with Crippen LogP contribution in [0, 0.1) is 6.92 Å². The second-order valence-corrected chi connectivity index (χ2v) is 6.27. The number of carbonyl (C=O) groups excluding carboxylic acids is 1. The number of benzene rings is 1. The van der Waals surface area contributed by atoms with Crippen molar-refractivity contribution < 1.29 is 4.79 Å².